The minimum absolute atomic E-state index is 0.115. The number of piperidine rings is 1. The summed E-state index contributed by atoms with van der Waals surface area (Å²) in [5.74, 6) is -0.229. The van der Waals surface area contributed by atoms with Crippen LogP contribution in [0.1, 0.15) is 49.4 Å². The third-order valence-electron chi connectivity index (χ3n) is 3.91. The summed E-state index contributed by atoms with van der Waals surface area (Å²) in [6.45, 7) is 8.19. The molecule has 0 bridgehead atoms. The molecular formula is C17H24N2O2. The molecule has 0 aliphatic carbocycles. The molecule has 1 heterocycles. The third-order valence-corrected chi connectivity index (χ3v) is 3.91. The first-order valence-corrected chi connectivity index (χ1v) is 7.35. The summed E-state index contributed by atoms with van der Waals surface area (Å²) in [5, 5.41) is 0. The van der Waals surface area contributed by atoms with Crippen molar-refractivity contribution in [1.82, 2.24) is 4.90 Å². The van der Waals surface area contributed by atoms with Gasteiger partial charge in [0.15, 0.2) is 0 Å². The number of imide groups is 1. The van der Waals surface area contributed by atoms with Crippen molar-refractivity contribution >= 4 is 11.8 Å². The molecule has 1 aliphatic rings. The number of rotatable bonds is 3. The van der Waals surface area contributed by atoms with Crippen LogP contribution in [0.3, 0.4) is 0 Å². The van der Waals surface area contributed by atoms with Crippen molar-refractivity contribution in [1.29, 1.82) is 0 Å². The van der Waals surface area contributed by atoms with Gasteiger partial charge < -0.3 is 5.73 Å². The molecule has 1 aromatic carbocycles. The van der Waals surface area contributed by atoms with Crippen molar-refractivity contribution in [3.63, 3.8) is 0 Å². The lowest BCUT2D eigenvalue weighted by atomic mass is 9.81. The molecule has 2 amide bonds. The predicted molar refractivity (Wildman–Crippen MR) is 82.6 cm³/mol. The number of nitrogens with zero attached hydrogens (tertiary/aromatic N) is 1. The molecule has 2 rings (SSSR count). The SMILES string of the molecule is Cc1cc(C)cc(C(N)CN2C(=O)CC(C)(C)CC2=O)c1. The number of nitrogens with two attached hydrogens (primary N) is 1. The number of benzene rings is 1. The van der Waals surface area contributed by atoms with Crippen molar-refractivity contribution in [3.8, 4) is 0 Å². The Kier molecular flexibility index (Phi) is 4.19. The third kappa shape index (κ3) is 3.70. The first kappa shape index (κ1) is 15.7. The average Bonchev–Trinajstić information content (AvgIpc) is 2.31. The molecule has 4 nitrogen and oxygen atoms in total. The molecule has 1 saturated heterocycles. The molecule has 1 unspecified atom stereocenters. The van der Waals surface area contributed by atoms with E-state index in [2.05, 4.69) is 6.07 Å². The van der Waals surface area contributed by atoms with Gasteiger partial charge in [-0.25, -0.2) is 0 Å². The number of amides is 2. The molecule has 2 N–H and O–H groups in total. The van der Waals surface area contributed by atoms with E-state index in [4.69, 9.17) is 5.73 Å². The first-order valence-electron chi connectivity index (χ1n) is 7.35. The number of hydrogen-bond acceptors (Lipinski definition) is 3. The summed E-state index contributed by atoms with van der Waals surface area (Å²) in [7, 11) is 0. The van der Waals surface area contributed by atoms with E-state index in [-0.39, 0.29) is 29.8 Å². The molecule has 0 radical (unpaired) electrons. The van der Waals surface area contributed by atoms with Crippen LogP contribution in [0.2, 0.25) is 0 Å². The lowest BCUT2D eigenvalue weighted by Crippen LogP contribution is -2.48. The van der Waals surface area contributed by atoms with Gasteiger partial charge in [-0.15, -0.1) is 0 Å². The van der Waals surface area contributed by atoms with Crippen molar-refractivity contribution in [2.45, 2.75) is 46.6 Å². The predicted octanol–water partition coefficient (Wildman–Crippen LogP) is 2.48. The van der Waals surface area contributed by atoms with Crippen LogP contribution in [0.4, 0.5) is 0 Å². The molecule has 0 saturated carbocycles. The van der Waals surface area contributed by atoms with Crippen LogP contribution >= 0.6 is 0 Å². The molecule has 114 valence electrons. The van der Waals surface area contributed by atoms with Gasteiger partial charge in [0.2, 0.25) is 11.8 Å². The number of carbonyl (C=O) groups is 2. The van der Waals surface area contributed by atoms with Crippen LogP contribution in [-0.2, 0) is 9.59 Å². The Balaban J connectivity index is 2.14. The minimum Gasteiger partial charge on any atom is -0.322 e. The number of aryl methyl sites for hydroxylation is 2. The van der Waals surface area contributed by atoms with E-state index in [9.17, 15) is 9.59 Å². The Morgan fingerprint density at radius 2 is 1.57 bits per heavy atom. The van der Waals surface area contributed by atoms with Gasteiger partial charge >= 0.3 is 0 Å². The Morgan fingerprint density at radius 1 is 1.10 bits per heavy atom. The highest BCUT2D eigenvalue weighted by molar-refractivity contribution is 5.98. The van der Waals surface area contributed by atoms with E-state index in [0.29, 0.717) is 12.8 Å². The molecule has 1 fully saturated rings. The Bertz CT molecular complexity index is 538. The van der Waals surface area contributed by atoms with Crippen molar-refractivity contribution < 1.29 is 9.59 Å². The van der Waals surface area contributed by atoms with Crippen LogP contribution in [0.5, 0.6) is 0 Å². The van der Waals surface area contributed by atoms with Gasteiger partial charge in [0.1, 0.15) is 0 Å². The highest BCUT2D eigenvalue weighted by Crippen LogP contribution is 2.32. The van der Waals surface area contributed by atoms with E-state index in [0.717, 1.165) is 16.7 Å². The summed E-state index contributed by atoms with van der Waals surface area (Å²) in [5.41, 5.74) is 9.21. The molecule has 1 aromatic rings. The maximum Gasteiger partial charge on any atom is 0.229 e. The van der Waals surface area contributed by atoms with E-state index in [1.165, 1.54) is 4.90 Å². The average molecular weight is 288 g/mol. The van der Waals surface area contributed by atoms with Crippen LogP contribution in [-0.4, -0.2) is 23.3 Å². The maximum atomic E-state index is 12.2. The van der Waals surface area contributed by atoms with Gasteiger partial charge in [0.25, 0.3) is 0 Å². The van der Waals surface area contributed by atoms with Crippen molar-refractivity contribution in [3.05, 3.63) is 34.9 Å². The highest BCUT2D eigenvalue weighted by atomic mass is 16.2. The smallest absolute Gasteiger partial charge is 0.229 e. The molecular weight excluding hydrogens is 264 g/mol. The molecule has 1 aliphatic heterocycles. The molecule has 21 heavy (non-hydrogen) atoms. The summed E-state index contributed by atoms with van der Waals surface area (Å²) >= 11 is 0. The number of carbonyl (C=O) groups excluding carboxylic acids is 2. The van der Waals surface area contributed by atoms with Crippen LogP contribution in [0, 0.1) is 19.3 Å². The van der Waals surface area contributed by atoms with Crippen LogP contribution in [0.15, 0.2) is 18.2 Å². The van der Waals surface area contributed by atoms with Crippen molar-refractivity contribution in [2.75, 3.05) is 6.54 Å². The second-order valence-corrected chi connectivity index (χ2v) is 6.94. The summed E-state index contributed by atoms with van der Waals surface area (Å²) in [6.07, 6.45) is 0.802. The van der Waals surface area contributed by atoms with E-state index >= 15 is 0 Å². The monoisotopic (exact) mass is 288 g/mol. The fourth-order valence-corrected chi connectivity index (χ4v) is 2.94. The summed E-state index contributed by atoms with van der Waals surface area (Å²) in [4.78, 5) is 25.7. The number of likely N-dealkylation sites (tertiary alicyclic amines) is 1. The minimum atomic E-state index is -0.335. The second kappa shape index (κ2) is 5.60. The van der Waals surface area contributed by atoms with Crippen molar-refractivity contribution in [2.24, 2.45) is 11.1 Å². The zero-order valence-electron chi connectivity index (χ0n) is 13.3. The number of hydrogen-bond donors (Lipinski definition) is 1. The zero-order chi connectivity index (χ0) is 15.8. The lowest BCUT2D eigenvalue weighted by molar-refractivity contribution is -0.152. The Morgan fingerprint density at radius 3 is 2.05 bits per heavy atom. The van der Waals surface area contributed by atoms with E-state index in [1.807, 2.05) is 39.8 Å². The standard InChI is InChI=1S/C17H24N2O2/c1-11-5-12(2)7-13(6-11)14(18)10-19-15(20)8-17(3,4)9-16(19)21/h5-7,14H,8-10,18H2,1-4H3. The normalized spacial score (nSPS) is 19.8. The quantitative estimate of drug-likeness (QED) is 0.869. The fourth-order valence-electron chi connectivity index (χ4n) is 2.94. The lowest BCUT2D eigenvalue weighted by Gasteiger charge is -2.35. The van der Waals surface area contributed by atoms with Crippen LogP contribution < -0.4 is 5.73 Å². The van der Waals surface area contributed by atoms with Gasteiger partial charge in [-0.05, 0) is 24.8 Å². The summed E-state index contributed by atoms with van der Waals surface area (Å²) in [6, 6.07) is 5.77. The maximum absolute atomic E-state index is 12.2. The first-order chi connectivity index (χ1) is 9.68. The zero-order valence-corrected chi connectivity index (χ0v) is 13.3. The van der Waals surface area contributed by atoms with Gasteiger partial charge in [0.05, 0.1) is 0 Å². The van der Waals surface area contributed by atoms with E-state index < -0.39 is 0 Å². The molecule has 4 heteroatoms. The summed E-state index contributed by atoms with van der Waals surface area (Å²) < 4.78 is 0. The van der Waals surface area contributed by atoms with Gasteiger partial charge in [-0.3, -0.25) is 14.5 Å². The van der Waals surface area contributed by atoms with Gasteiger partial charge in [-0.2, -0.15) is 0 Å². The van der Waals surface area contributed by atoms with Gasteiger partial charge in [-0.1, -0.05) is 43.2 Å². The largest absolute Gasteiger partial charge is 0.322 e. The highest BCUT2D eigenvalue weighted by Gasteiger charge is 2.37. The van der Waals surface area contributed by atoms with Gasteiger partial charge in [0, 0.05) is 25.4 Å². The Hall–Kier alpha value is -1.68. The fraction of sp³-hybridized carbons (Fsp3) is 0.529. The topological polar surface area (TPSA) is 63.4 Å². The van der Waals surface area contributed by atoms with Crippen LogP contribution in [0.25, 0.3) is 0 Å². The molecule has 0 aromatic heterocycles. The Labute approximate surface area is 126 Å². The van der Waals surface area contributed by atoms with E-state index in [1.54, 1.807) is 0 Å². The molecule has 1 atom stereocenters. The second-order valence-electron chi connectivity index (χ2n) is 6.94. The molecule has 0 spiro atoms.